The van der Waals surface area contributed by atoms with Crippen LogP contribution in [-0.2, 0) is 6.42 Å². The Morgan fingerprint density at radius 2 is 2.26 bits per heavy atom. The van der Waals surface area contributed by atoms with Crippen molar-refractivity contribution in [1.29, 1.82) is 0 Å². The largest absolute Gasteiger partial charge is 0.477 e. The Hall–Kier alpha value is -2.70. The van der Waals surface area contributed by atoms with Crippen molar-refractivity contribution in [3.8, 4) is 5.69 Å². The number of nitro groups is 1. The zero-order valence-corrected chi connectivity index (χ0v) is 10.1. The number of rotatable bonds is 4. The molecule has 0 fully saturated rings. The predicted molar refractivity (Wildman–Crippen MR) is 66.6 cm³/mol. The van der Waals surface area contributed by atoms with Gasteiger partial charge in [-0.3, -0.25) is 10.1 Å². The van der Waals surface area contributed by atoms with E-state index in [1.165, 1.54) is 18.2 Å². The van der Waals surface area contributed by atoms with Gasteiger partial charge in [-0.15, -0.1) is 0 Å². The summed E-state index contributed by atoms with van der Waals surface area (Å²) in [6.45, 7) is 1.92. The van der Waals surface area contributed by atoms with Gasteiger partial charge in [0.1, 0.15) is 11.4 Å². The lowest BCUT2D eigenvalue weighted by Crippen LogP contribution is -2.05. The van der Waals surface area contributed by atoms with E-state index in [9.17, 15) is 14.9 Å². The number of carboxylic acid groups (broad SMARTS) is 1. The average molecular weight is 261 g/mol. The minimum absolute atomic E-state index is 0.327. The van der Waals surface area contributed by atoms with Crippen LogP contribution in [0.1, 0.15) is 23.1 Å². The Balaban J connectivity index is 2.58. The summed E-state index contributed by atoms with van der Waals surface area (Å²) in [5.41, 5.74) is -0.237. The second-order valence-corrected chi connectivity index (χ2v) is 3.83. The molecule has 98 valence electrons. The van der Waals surface area contributed by atoms with E-state index < -0.39 is 16.6 Å². The third kappa shape index (κ3) is 2.30. The van der Waals surface area contributed by atoms with Crippen LogP contribution in [0.2, 0.25) is 0 Å². The van der Waals surface area contributed by atoms with Gasteiger partial charge < -0.3 is 9.67 Å². The lowest BCUT2D eigenvalue weighted by Gasteiger charge is -2.07. The maximum absolute atomic E-state index is 10.9. The molecule has 1 aromatic carbocycles. The SMILES string of the molecule is CCc1nccn1-c1ccc(C(=O)O)c([N+](=O)[O-])c1. The van der Waals surface area contributed by atoms with Crippen molar-refractivity contribution in [3.05, 3.63) is 52.1 Å². The maximum Gasteiger partial charge on any atom is 0.342 e. The van der Waals surface area contributed by atoms with Gasteiger partial charge in [0.2, 0.25) is 0 Å². The summed E-state index contributed by atoms with van der Waals surface area (Å²) < 4.78 is 1.69. The van der Waals surface area contributed by atoms with Crippen molar-refractivity contribution in [3.63, 3.8) is 0 Å². The van der Waals surface area contributed by atoms with E-state index in [0.29, 0.717) is 12.1 Å². The van der Waals surface area contributed by atoms with Crippen LogP contribution in [0.4, 0.5) is 5.69 Å². The van der Waals surface area contributed by atoms with Crippen molar-refractivity contribution in [2.45, 2.75) is 13.3 Å². The molecule has 0 radical (unpaired) electrons. The first-order chi connectivity index (χ1) is 9.04. The van der Waals surface area contributed by atoms with E-state index in [4.69, 9.17) is 5.11 Å². The van der Waals surface area contributed by atoms with Gasteiger partial charge in [0.15, 0.2) is 0 Å². The fourth-order valence-electron chi connectivity index (χ4n) is 1.83. The lowest BCUT2D eigenvalue weighted by molar-refractivity contribution is -0.385. The highest BCUT2D eigenvalue weighted by Gasteiger charge is 2.20. The number of hydrogen-bond acceptors (Lipinski definition) is 4. The van der Waals surface area contributed by atoms with Crippen LogP contribution >= 0.6 is 0 Å². The number of aromatic carboxylic acids is 1. The highest BCUT2D eigenvalue weighted by atomic mass is 16.6. The normalized spacial score (nSPS) is 10.4. The van der Waals surface area contributed by atoms with Crippen molar-refractivity contribution in [2.75, 3.05) is 0 Å². The number of aryl methyl sites for hydroxylation is 1. The summed E-state index contributed by atoms with van der Waals surface area (Å²) in [5.74, 6) is -0.572. The van der Waals surface area contributed by atoms with E-state index in [-0.39, 0.29) is 5.56 Å². The molecule has 7 nitrogen and oxygen atoms in total. The lowest BCUT2D eigenvalue weighted by atomic mass is 10.1. The molecule has 0 amide bonds. The Kier molecular flexibility index (Phi) is 3.28. The van der Waals surface area contributed by atoms with Crippen molar-refractivity contribution < 1.29 is 14.8 Å². The minimum Gasteiger partial charge on any atom is -0.477 e. The molecular formula is C12H11N3O4. The van der Waals surface area contributed by atoms with E-state index in [1.54, 1.807) is 17.0 Å². The predicted octanol–water partition coefficient (Wildman–Crippen LogP) is 2.04. The number of carboxylic acids is 1. The summed E-state index contributed by atoms with van der Waals surface area (Å²) in [4.78, 5) is 25.3. The molecular weight excluding hydrogens is 250 g/mol. The smallest absolute Gasteiger partial charge is 0.342 e. The van der Waals surface area contributed by atoms with E-state index in [1.807, 2.05) is 6.92 Å². The number of benzene rings is 1. The molecule has 0 unspecified atom stereocenters. The molecule has 0 atom stereocenters. The van der Waals surface area contributed by atoms with Gasteiger partial charge in [-0.05, 0) is 12.1 Å². The molecule has 7 heteroatoms. The monoisotopic (exact) mass is 261 g/mol. The van der Waals surface area contributed by atoms with Gasteiger partial charge in [-0.1, -0.05) is 6.92 Å². The Bertz CT molecular complexity index is 648. The second kappa shape index (κ2) is 4.89. The third-order valence-electron chi connectivity index (χ3n) is 2.72. The van der Waals surface area contributed by atoms with Crippen LogP contribution in [0.3, 0.4) is 0 Å². The van der Waals surface area contributed by atoms with Crippen molar-refractivity contribution in [2.24, 2.45) is 0 Å². The standard InChI is InChI=1S/C12H11N3O4/c1-2-11-13-5-6-14(11)8-3-4-9(12(16)17)10(7-8)15(18)19/h3-7H,2H2,1H3,(H,16,17). The second-order valence-electron chi connectivity index (χ2n) is 3.83. The fraction of sp³-hybridized carbons (Fsp3) is 0.167. The zero-order valence-electron chi connectivity index (χ0n) is 10.1. The number of aromatic nitrogens is 2. The molecule has 19 heavy (non-hydrogen) atoms. The van der Waals surface area contributed by atoms with Crippen LogP contribution in [0.15, 0.2) is 30.6 Å². The number of nitro benzene ring substituents is 1. The topological polar surface area (TPSA) is 98.3 Å². The average Bonchev–Trinajstić information content (AvgIpc) is 2.86. The molecule has 0 aliphatic heterocycles. The highest BCUT2D eigenvalue weighted by Crippen LogP contribution is 2.23. The van der Waals surface area contributed by atoms with Gasteiger partial charge in [-0.25, -0.2) is 9.78 Å². The van der Waals surface area contributed by atoms with Gasteiger partial charge >= 0.3 is 5.97 Å². The number of nitrogens with zero attached hydrogens (tertiary/aromatic N) is 3. The summed E-state index contributed by atoms with van der Waals surface area (Å²) in [6.07, 6.45) is 3.94. The molecule has 0 saturated carbocycles. The number of imidazole rings is 1. The Labute approximate surface area is 108 Å². The third-order valence-corrected chi connectivity index (χ3v) is 2.72. The van der Waals surface area contributed by atoms with E-state index >= 15 is 0 Å². The first-order valence-corrected chi connectivity index (χ1v) is 5.59. The van der Waals surface area contributed by atoms with E-state index in [2.05, 4.69) is 4.98 Å². The van der Waals surface area contributed by atoms with Gasteiger partial charge in [0.05, 0.1) is 10.6 Å². The van der Waals surface area contributed by atoms with Crippen LogP contribution < -0.4 is 0 Å². The molecule has 1 heterocycles. The van der Waals surface area contributed by atoms with Crippen LogP contribution in [0.25, 0.3) is 5.69 Å². The quantitative estimate of drug-likeness (QED) is 0.670. The molecule has 0 spiro atoms. The first kappa shape index (κ1) is 12.7. The summed E-state index contributed by atoms with van der Waals surface area (Å²) in [6, 6.07) is 4.00. The molecule has 2 aromatic rings. The first-order valence-electron chi connectivity index (χ1n) is 5.59. The van der Waals surface area contributed by atoms with Gasteiger partial charge in [0.25, 0.3) is 5.69 Å². The molecule has 1 N–H and O–H groups in total. The maximum atomic E-state index is 10.9. The molecule has 0 bridgehead atoms. The highest BCUT2D eigenvalue weighted by molar-refractivity contribution is 5.92. The summed E-state index contributed by atoms with van der Waals surface area (Å²) in [7, 11) is 0. The summed E-state index contributed by atoms with van der Waals surface area (Å²) >= 11 is 0. The minimum atomic E-state index is -1.32. The van der Waals surface area contributed by atoms with Crippen LogP contribution in [0, 0.1) is 10.1 Å². The Morgan fingerprint density at radius 3 is 2.84 bits per heavy atom. The Morgan fingerprint density at radius 1 is 1.53 bits per heavy atom. The zero-order chi connectivity index (χ0) is 14.0. The van der Waals surface area contributed by atoms with Crippen LogP contribution in [0.5, 0.6) is 0 Å². The van der Waals surface area contributed by atoms with E-state index in [0.717, 1.165) is 5.82 Å². The van der Waals surface area contributed by atoms with Crippen molar-refractivity contribution in [1.82, 2.24) is 9.55 Å². The molecule has 1 aromatic heterocycles. The number of hydrogen-bond donors (Lipinski definition) is 1. The molecule has 0 saturated heterocycles. The van der Waals surface area contributed by atoms with Crippen LogP contribution in [-0.4, -0.2) is 25.6 Å². The molecule has 2 rings (SSSR count). The number of carbonyl (C=O) groups is 1. The van der Waals surface area contributed by atoms with Crippen molar-refractivity contribution >= 4 is 11.7 Å². The van der Waals surface area contributed by atoms with Gasteiger partial charge in [-0.2, -0.15) is 0 Å². The fourth-order valence-corrected chi connectivity index (χ4v) is 1.83. The molecule has 0 aliphatic rings. The van der Waals surface area contributed by atoms with Gasteiger partial charge in [0, 0.05) is 24.9 Å². The molecule has 0 aliphatic carbocycles. The summed E-state index contributed by atoms with van der Waals surface area (Å²) in [5, 5.41) is 19.8.